The van der Waals surface area contributed by atoms with Crippen LogP contribution in [0.25, 0.3) is 33.1 Å². The number of H-pyrrole nitrogens is 1. The molecule has 0 atom stereocenters. The molecule has 0 unspecified atom stereocenters. The first-order valence-corrected chi connectivity index (χ1v) is 8.83. The summed E-state index contributed by atoms with van der Waals surface area (Å²) in [4.78, 5) is 4.54. The lowest BCUT2D eigenvalue weighted by atomic mass is 9.85. The molecule has 0 bridgehead atoms. The van der Waals surface area contributed by atoms with Crippen LogP contribution >= 0.6 is 0 Å². The molecule has 8 heteroatoms. The van der Waals surface area contributed by atoms with E-state index in [-0.39, 0.29) is 16.8 Å². The number of hydrogen-bond acceptors (Lipinski definition) is 3. The van der Waals surface area contributed by atoms with Crippen LogP contribution in [0.15, 0.2) is 18.5 Å². The predicted molar refractivity (Wildman–Crippen MR) is 95.2 cm³/mol. The smallest absolute Gasteiger partial charge is 0.278 e. The lowest BCUT2D eigenvalue weighted by Gasteiger charge is -2.21. The fourth-order valence-corrected chi connectivity index (χ4v) is 4.16. The van der Waals surface area contributed by atoms with Gasteiger partial charge < -0.3 is 0 Å². The number of hydrogen-bond donors (Lipinski definition) is 1. The van der Waals surface area contributed by atoms with E-state index in [9.17, 15) is 13.2 Å². The number of benzene rings is 1. The molecule has 3 aromatic heterocycles. The topological polar surface area (TPSA) is 59.4 Å². The third-order valence-electron chi connectivity index (χ3n) is 5.27. The van der Waals surface area contributed by atoms with Gasteiger partial charge in [0, 0.05) is 35.6 Å². The van der Waals surface area contributed by atoms with Crippen LogP contribution in [-0.4, -0.2) is 25.0 Å². The minimum atomic E-state index is -2.72. The van der Waals surface area contributed by atoms with Crippen molar-refractivity contribution in [2.45, 2.75) is 32.1 Å². The van der Waals surface area contributed by atoms with Crippen LogP contribution in [0.4, 0.5) is 13.2 Å². The van der Waals surface area contributed by atoms with Crippen molar-refractivity contribution in [2.24, 2.45) is 7.05 Å². The Hall–Kier alpha value is -2.90. The van der Waals surface area contributed by atoms with Crippen molar-refractivity contribution in [1.29, 1.82) is 0 Å². The second-order valence-electron chi connectivity index (χ2n) is 6.94. The van der Waals surface area contributed by atoms with E-state index >= 15 is 0 Å². The number of aryl methyl sites for hydroxylation is 2. The first-order valence-electron chi connectivity index (χ1n) is 8.83. The van der Waals surface area contributed by atoms with Gasteiger partial charge in [0.05, 0.1) is 17.4 Å². The Morgan fingerprint density at radius 3 is 2.74 bits per heavy atom. The maximum Gasteiger partial charge on any atom is 0.282 e. The monoisotopic (exact) mass is 371 g/mol. The van der Waals surface area contributed by atoms with Gasteiger partial charge in [0.15, 0.2) is 5.82 Å². The molecule has 3 heterocycles. The van der Waals surface area contributed by atoms with Crippen molar-refractivity contribution < 1.29 is 13.2 Å². The third-order valence-corrected chi connectivity index (χ3v) is 5.27. The number of rotatable bonds is 2. The number of alkyl halides is 2. The van der Waals surface area contributed by atoms with Crippen LogP contribution < -0.4 is 0 Å². The number of fused-ring (bicyclic) bond motifs is 5. The largest absolute Gasteiger partial charge is 0.282 e. The molecule has 4 aromatic rings. The van der Waals surface area contributed by atoms with E-state index in [0.717, 1.165) is 47.6 Å². The average Bonchev–Trinajstić information content (AvgIpc) is 3.27. The van der Waals surface area contributed by atoms with Gasteiger partial charge in [-0.25, -0.2) is 18.2 Å². The molecular formula is C19H16F3N5. The third kappa shape index (κ3) is 2.35. The Kier molecular flexibility index (Phi) is 3.50. The number of aromatic nitrogens is 5. The van der Waals surface area contributed by atoms with Gasteiger partial charge in [-0.3, -0.25) is 9.78 Å². The molecule has 5 nitrogen and oxygen atoms in total. The summed E-state index contributed by atoms with van der Waals surface area (Å²) in [5.41, 5.74) is 3.08. The highest BCUT2D eigenvalue weighted by atomic mass is 19.3. The summed E-state index contributed by atoms with van der Waals surface area (Å²) >= 11 is 0. The number of pyridine rings is 1. The quantitative estimate of drug-likeness (QED) is 0.566. The van der Waals surface area contributed by atoms with Crippen LogP contribution in [0.3, 0.4) is 0 Å². The Morgan fingerprint density at radius 1 is 1.19 bits per heavy atom. The van der Waals surface area contributed by atoms with Crippen LogP contribution in [0.2, 0.25) is 0 Å². The Bertz CT molecular complexity index is 1190. The Labute approximate surface area is 152 Å². The van der Waals surface area contributed by atoms with Crippen molar-refractivity contribution in [2.75, 3.05) is 0 Å². The Balaban J connectivity index is 1.92. The van der Waals surface area contributed by atoms with Gasteiger partial charge in [-0.1, -0.05) is 0 Å². The average molecular weight is 371 g/mol. The van der Waals surface area contributed by atoms with Crippen LogP contribution in [0, 0.1) is 5.82 Å². The van der Waals surface area contributed by atoms with E-state index in [0.29, 0.717) is 11.2 Å². The zero-order chi connectivity index (χ0) is 18.7. The molecule has 0 saturated heterocycles. The summed E-state index contributed by atoms with van der Waals surface area (Å²) in [5.74, 6) is -0.487. The van der Waals surface area contributed by atoms with Gasteiger partial charge in [0.25, 0.3) is 6.43 Å². The van der Waals surface area contributed by atoms with Crippen LogP contribution in [-0.2, 0) is 19.9 Å². The lowest BCUT2D eigenvalue weighted by Crippen LogP contribution is -2.09. The number of halogens is 3. The normalized spacial score (nSPS) is 14.4. The van der Waals surface area contributed by atoms with Gasteiger partial charge in [-0.2, -0.15) is 10.2 Å². The summed E-state index contributed by atoms with van der Waals surface area (Å²) in [6.07, 6.45) is 3.88. The van der Waals surface area contributed by atoms with Crippen molar-refractivity contribution in [3.05, 3.63) is 41.1 Å². The SMILES string of the molecule is Cn1cc(-c2nc3c(F)cc4[nH]ncc4c3c3c2CCCC3)c(C(F)F)n1. The van der Waals surface area contributed by atoms with E-state index in [1.807, 2.05) is 0 Å². The fourth-order valence-electron chi connectivity index (χ4n) is 4.16. The second kappa shape index (κ2) is 5.80. The molecule has 138 valence electrons. The fraction of sp³-hybridized carbons (Fsp3) is 0.316. The van der Waals surface area contributed by atoms with Gasteiger partial charge >= 0.3 is 0 Å². The van der Waals surface area contributed by atoms with E-state index in [4.69, 9.17) is 0 Å². The van der Waals surface area contributed by atoms with E-state index < -0.39 is 12.2 Å². The molecule has 5 rings (SSSR count). The Morgan fingerprint density at radius 2 is 1.96 bits per heavy atom. The molecule has 0 spiro atoms. The van der Waals surface area contributed by atoms with Crippen molar-refractivity contribution >= 4 is 21.8 Å². The van der Waals surface area contributed by atoms with Gasteiger partial charge in [-0.05, 0) is 36.8 Å². The maximum atomic E-state index is 14.8. The van der Waals surface area contributed by atoms with Crippen LogP contribution in [0.1, 0.15) is 36.1 Å². The molecule has 1 aliphatic rings. The number of aromatic amines is 1. The van der Waals surface area contributed by atoms with Crippen molar-refractivity contribution in [3.63, 3.8) is 0 Å². The first-order chi connectivity index (χ1) is 13.0. The summed E-state index contributed by atoms with van der Waals surface area (Å²) in [7, 11) is 1.60. The molecule has 0 amide bonds. The van der Waals surface area contributed by atoms with Crippen molar-refractivity contribution in [3.8, 4) is 11.3 Å². The van der Waals surface area contributed by atoms with Gasteiger partial charge in [0.1, 0.15) is 11.2 Å². The van der Waals surface area contributed by atoms with E-state index in [1.165, 1.54) is 10.7 Å². The minimum absolute atomic E-state index is 0.198. The summed E-state index contributed by atoms with van der Waals surface area (Å²) < 4.78 is 43.3. The summed E-state index contributed by atoms with van der Waals surface area (Å²) in [6, 6.07) is 1.36. The van der Waals surface area contributed by atoms with E-state index in [1.54, 1.807) is 19.4 Å². The van der Waals surface area contributed by atoms with Gasteiger partial charge in [-0.15, -0.1) is 0 Å². The number of nitrogens with one attached hydrogen (secondary N) is 1. The molecule has 0 aliphatic heterocycles. The van der Waals surface area contributed by atoms with Crippen LogP contribution in [0.5, 0.6) is 0 Å². The molecular weight excluding hydrogens is 355 g/mol. The highest BCUT2D eigenvalue weighted by Gasteiger charge is 2.27. The summed E-state index contributed by atoms with van der Waals surface area (Å²) in [5, 5.41) is 12.3. The molecule has 0 radical (unpaired) electrons. The number of nitrogens with zero attached hydrogens (tertiary/aromatic N) is 4. The zero-order valence-electron chi connectivity index (χ0n) is 14.6. The molecule has 0 saturated carbocycles. The first kappa shape index (κ1) is 16.3. The second-order valence-corrected chi connectivity index (χ2v) is 6.94. The highest BCUT2D eigenvalue weighted by molar-refractivity contribution is 6.08. The molecule has 1 N–H and O–H groups in total. The van der Waals surface area contributed by atoms with Crippen molar-refractivity contribution in [1.82, 2.24) is 25.0 Å². The summed E-state index contributed by atoms with van der Waals surface area (Å²) in [6.45, 7) is 0. The molecule has 1 aliphatic carbocycles. The maximum absolute atomic E-state index is 14.8. The molecule has 0 fully saturated rings. The predicted octanol–water partition coefficient (Wildman–Crippen LogP) is 4.47. The minimum Gasteiger partial charge on any atom is -0.278 e. The van der Waals surface area contributed by atoms with Gasteiger partial charge in [0.2, 0.25) is 0 Å². The standard InChI is InChI=1S/C19H16F3N5/c1-27-8-12(17(26-27)19(21)22)16-10-5-3-2-4-9(10)15-11-7-23-25-14(11)6-13(20)18(15)24-16/h6-8,19H,2-5H2,1H3,(H,23,25). The zero-order valence-corrected chi connectivity index (χ0v) is 14.6. The molecule has 27 heavy (non-hydrogen) atoms. The molecule has 1 aromatic carbocycles. The van der Waals surface area contributed by atoms with E-state index in [2.05, 4.69) is 20.3 Å². The highest BCUT2D eigenvalue weighted by Crippen LogP contribution is 2.40. The lowest BCUT2D eigenvalue weighted by molar-refractivity contribution is 0.146.